The van der Waals surface area contributed by atoms with Gasteiger partial charge in [-0.15, -0.1) is 0 Å². The minimum atomic E-state index is -0.531. The van der Waals surface area contributed by atoms with Crippen LogP contribution in [0.25, 0.3) is 0 Å². The van der Waals surface area contributed by atoms with Gasteiger partial charge in [0.25, 0.3) is 0 Å². The first-order valence-corrected chi connectivity index (χ1v) is 11.5. The maximum Gasteiger partial charge on any atom is 0.417 e. The average molecular weight is 459 g/mol. The van der Waals surface area contributed by atoms with Gasteiger partial charge in [0.1, 0.15) is 0 Å². The smallest absolute Gasteiger partial charge is 0.417 e. The van der Waals surface area contributed by atoms with Crippen LogP contribution in [0.3, 0.4) is 0 Å². The van der Waals surface area contributed by atoms with Crippen molar-refractivity contribution in [3.63, 3.8) is 0 Å². The lowest BCUT2D eigenvalue weighted by Gasteiger charge is -2.42. The monoisotopic (exact) mass is 458 g/mol. The second-order valence-electron chi connectivity index (χ2n) is 8.96. The molecular formula is C27H26N2O5. The molecular weight excluding hydrogens is 432 g/mol. The number of nitrogens with zero attached hydrogens (tertiary/aromatic N) is 1. The number of nitrogens with one attached hydrogen (secondary N) is 1. The number of methoxy groups -OCH3 is 1. The Bertz CT molecular complexity index is 1290. The topological polar surface area (TPSA) is 69.3 Å². The van der Waals surface area contributed by atoms with Crippen LogP contribution in [0.1, 0.15) is 33.9 Å². The minimum absolute atomic E-state index is 0.244. The highest BCUT2D eigenvalue weighted by Gasteiger charge is 2.36. The SMILES string of the molecule is COc1ccc2c(c1OC(=O)Nc1cccc(C)c1)CN1CCc3cc4c(cc3C1C2)OCO4. The number of aryl methyl sites for hydroxylation is 1. The zero-order chi connectivity index (χ0) is 23.2. The molecule has 7 heteroatoms. The normalized spacial score (nSPS) is 17.9. The summed E-state index contributed by atoms with van der Waals surface area (Å²) in [5.74, 6) is 2.69. The number of ether oxygens (including phenoxy) is 4. The summed E-state index contributed by atoms with van der Waals surface area (Å²) < 4.78 is 22.6. The van der Waals surface area contributed by atoms with Gasteiger partial charge in [0, 0.05) is 30.4 Å². The Morgan fingerprint density at radius 1 is 1.09 bits per heavy atom. The Labute approximate surface area is 198 Å². The molecule has 174 valence electrons. The Hall–Kier alpha value is -3.71. The largest absolute Gasteiger partial charge is 0.493 e. The third kappa shape index (κ3) is 3.62. The van der Waals surface area contributed by atoms with Gasteiger partial charge in [-0.2, -0.15) is 0 Å². The summed E-state index contributed by atoms with van der Waals surface area (Å²) in [6.07, 6.45) is 1.23. The van der Waals surface area contributed by atoms with Crippen LogP contribution in [0, 0.1) is 6.92 Å². The zero-order valence-electron chi connectivity index (χ0n) is 19.2. The van der Waals surface area contributed by atoms with Crippen LogP contribution in [0.4, 0.5) is 10.5 Å². The molecule has 1 atom stereocenters. The van der Waals surface area contributed by atoms with Crippen LogP contribution in [-0.2, 0) is 19.4 Å². The van der Waals surface area contributed by atoms with Crippen molar-refractivity contribution in [2.24, 2.45) is 0 Å². The summed E-state index contributed by atoms with van der Waals surface area (Å²) in [5.41, 5.74) is 6.52. The van der Waals surface area contributed by atoms with Gasteiger partial charge in [0.05, 0.1) is 7.11 Å². The minimum Gasteiger partial charge on any atom is -0.493 e. The first kappa shape index (κ1) is 20.9. The Kier molecular flexibility index (Phi) is 5.07. The van der Waals surface area contributed by atoms with Crippen molar-refractivity contribution in [1.29, 1.82) is 0 Å². The van der Waals surface area contributed by atoms with Crippen molar-refractivity contribution in [3.8, 4) is 23.0 Å². The molecule has 0 radical (unpaired) electrons. The molecule has 3 aliphatic rings. The van der Waals surface area contributed by atoms with Crippen molar-refractivity contribution < 1.29 is 23.7 Å². The van der Waals surface area contributed by atoms with E-state index in [2.05, 4.69) is 28.4 Å². The molecule has 0 saturated carbocycles. The van der Waals surface area contributed by atoms with E-state index in [1.165, 1.54) is 11.1 Å². The second kappa shape index (κ2) is 8.25. The van der Waals surface area contributed by atoms with Crippen molar-refractivity contribution in [1.82, 2.24) is 4.90 Å². The van der Waals surface area contributed by atoms with Crippen molar-refractivity contribution in [2.45, 2.75) is 32.4 Å². The lowest BCUT2D eigenvalue weighted by molar-refractivity contribution is 0.157. The molecule has 3 aliphatic heterocycles. The van der Waals surface area contributed by atoms with E-state index in [1.54, 1.807) is 7.11 Å². The zero-order valence-corrected chi connectivity index (χ0v) is 19.2. The van der Waals surface area contributed by atoms with E-state index in [9.17, 15) is 4.79 Å². The molecule has 7 nitrogen and oxygen atoms in total. The summed E-state index contributed by atoms with van der Waals surface area (Å²) in [4.78, 5) is 15.2. The predicted molar refractivity (Wildman–Crippen MR) is 127 cm³/mol. The van der Waals surface area contributed by atoms with Gasteiger partial charge < -0.3 is 18.9 Å². The standard InChI is InChI=1S/C27H26N2O5/c1-16-4-3-5-19(10-16)28-27(30)34-26-21-14-29-9-8-18-12-24-25(33-15-32-24)13-20(18)22(29)11-17(21)6-7-23(26)31-2/h3-7,10,12-13,22H,8-9,11,14-15H2,1-2H3,(H,28,30). The fourth-order valence-corrected chi connectivity index (χ4v) is 5.23. The van der Waals surface area contributed by atoms with E-state index in [4.69, 9.17) is 18.9 Å². The van der Waals surface area contributed by atoms with Crippen LogP contribution in [0.5, 0.6) is 23.0 Å². The van der Waals surface area contributed by atoms with E-state index >= 15 is 0 Å². The molecule has 6 rings (SSSR count). The maximum absolute atomic E-state index is 12.8. The van der Waals surface area contributed by atoms with E-state index in [-0.39, 0.29) is 12.8 Å². The number of fused-ring (bicyclic) bond motifs is 5. The van der Waals surface area contributed by atoms with Crippen LogP contribution in [-0.4, -0.2) is 31.4 Å². The van der Waals surface area contributed by atoms with Gasteiger partial charge in [-0.1, -0.05) is 18.2 Å². The van der Waals surface area contributed by atoms with E-state index in [1.807, 2.05) is 37.3 Å². The third-order valence-corrected chi connectivity index (χ3v) is 6.88. The first-order chi connectivity index (χ1) is 16.6. The van der Waals surface area contributed by atoms with Gasteiger partial charge in [-0.05, 0) is 72.4 Å². The molecule has 1 N–H and O–H groups in total. The molecule has 0 spiro atoms. The highest BCUT2D eigenvalue weighted by Crippen LogP contribution is 2.46. The lowest BCUT2D eigenvalue weighted by Crippen LogP contribution is -2.39. The van der Waals surface area contributed by atoms with Gasteiger partial charge in [0.15, 0.2) is 23.0 Å². The number of carbonyl (C=O) groups is 1. The highest BCUT2D eigenvalue weighted by molar-refractivity contribution is 5.87. The van der Waals surface area contributed by atoms with Crippen LogP contribution in [0.2, 0.25) is 0 Å². The average Bonchev–Trinajstić information content (AvgIpc) is 3.29. The predicted octanol–water partition coefficient (Wildman–Crippen LogP) is 5.00. The highest BCUT2D eigenvalue weighted by atomic mass is 16.7. The van der Waals surface area contributed by atoms with Crippen molar-refractivity contribution >= 4 is 11.8 Å². The summed E-state index contributed by atoms with van der Waals surface area (Å²) in [5, 5.41) is 2.83. The fraction of sp³-hybridized carbons (Fsp3) is 0.296. The number of carbonyl (C=O) groups excluding carboxylic acids is 1. The molecule has 0 aliphatic carbocycles. The van der Waals surface area contributed by atoms with Crippen molar-refractivity contribution in [3.05, 3.63) is 76.3 Å². The first-order valence-electron chi connectivity index (χ1n) is 11.5. The van der Waals surface area contributed by atoms with Crippen LogP contribution >= 0.6 is 0 Å². The number of amides is 1. The Balaban J connectivity index is 1.30. The molecule has 3 aromatic carbocycles. The number of hydrogen-bond acceptors (Lipinski definition) is 6. The Morgan fingerprint density at radius 3 is 2.76 bits per heavy atom. The molecule has 0 aromatic heterocycles. The third-order valence-electron chi connectivity index (χ3n) is 6.88. The summed E-state index contributed by atoms with van der Waals surface area (Å²) >= 11 is 0. The summed E-state index contributed by atoms with van der Waals surface area (Å²) in [7, 11) is 1.60. The molecule has 1 amide bonds. The molecule has 34 heavy (non-hydrogen) atoms. The summed E-state index contributed by atoms with van der Waals surface area (Å²) in [6.45, 7) is 3.86. The molecule has 0 saturated heterocycles. The Morgan fingerprint density at radius 2 is 1.94 bits per heavy atom. The van der Waals surface area contributed by atoms with E-state index in [0.717, 1.165) is 47.6 Å². The fourth-order valence-electron chi connectivity index (χ4n) is 5.23. The number of rotatable bonds is 3. The van der Waals surface area contributed by atoms with Gasteiger partial charge in [-0.25, -0.2) is 4.79 Å². The van der Waals surface area contributed by atoms with Crippen molar-refractivity contribution in [2.75, 3.05) is 25.8 Å². The molecule has 3 heterocycles. The second-order valence-corrected chi connectivity index (χ2v) is 8.96. The molecule has 3 aromatic rings. The number of benzene rings is 3. The summed E-state index contributed by atoms with van der Waals surface area (Å²) in [6, 6.07) is 16.1. The molecule has 0 bridgehead atoms. The number of anilines is 1. The van der Waals surface area contributed by atoms with Crippen LogP contribution in [0.15, 0.2) is 48.5 Å². The van der Waals surface area contributed by atoms with Gasteiger partial charge >= 0.3 is 6.09 Å². The maximum atomic E-state index is 12.8. The van der Waals surface area contributed by atoms with Crippen LogP contribution < -0.4 is 24.3 Å². The number of hydrogen-bond donors (Lipinski definition) is 1. The quantitative estimate of drug-likeness (QED) is 0.596. The van der Waals surface area contributed by atoms with Gasteiger partial charge in [0.2, 0.25) is 6.79 Å². The van der Waals surface area contributed by atoms with E-state index < -0.39 is 6.09 Å². The van der Waals surface area contributed by atoms with E-state index in [0.29, 0.717) is 23.7 Å². The van der Waals surface area contributed by atoms with Gasteiger partial charge in [-0.3, -0.25) is 10.2 Å². The lowest BCUT2D eigenvalue weighted by atomic mass is 9.83. The molecule has 1 unspecified atom stereocenters. The molecule has 0 fully saturated rings.